The molecule has 1 atom stereocenters. The van der Waals surface area contributed by atoms with Crippen molar-refractivity contribution in [1.29, 1.82) is 0 Å². The van der Waals surface area contributed by atoms with Crippen LogP contribution in [0.15, 0.2) is 48.0 Å². The molecule has 1 N–H and O–H groups in total. The Labute approximate surface area is 199 Å². The van der Waals surface area contributed by atoms with Crippen LogP contribution in [0, 0.1) is 0 Å². The van der Waals surface area contributed by atoms with Crippen LogP contribution < -0.4 is 9.47 Å². The number of aliphatic hydroxyl groups excluding tert-OH is 1. The summed E-state index contributed by atoms with van der Waals surface area (Å²) in [5.74, 6) is -0.604. The zero-order chi connectivity index (χ0) is 24.1. The smallest absolute Gasteiger partial charge is 0.295 e. The Kier molecular flexibility index (Phi) is 8.00. The van der Waals surface area contributed by atoms with Gasteiger partial charge in [-0.3, -0.25) is 9.59 Å². The number of ketones is 1. The van der Waals surface area contributed by atoms with Crippen LogP contribution >= 0.6 is 11.6 Å². The number of methoxy groups -OCH3 is 2. The van der Waals surface area contributed by atoms with E-state index in [0.717, 1.165) is 13.1 Å². The van der Waals surface area contributed by atoms with E-state index in [9.17, 15) is 14.7 Å². The molecule has 2 aromatic carbocycles. The van der Waals surface area contributed by atoms with Gasteiger partial charge in [-0.2, -0.15) is 0 Å². The molecule has 3 rings (SSSR count). The van der Waals surface area contributed by atoms with Crippen LogP contribution in [0.4, 0.5) is 0 Å². The molecule has 1 saturated heterocycles. The van der Waals surface area contributed by atoms with Crippen molar-refractivity contribution >= 4 is 29.1 Å². The van der Waals surface area contributed by atoms with Gasteiger partial charge in [0.1, 0.15) is 17.3 Å². The van der Waals surface area contributed by atoms with E-state index >= 15 is 0 Å². The summed E-state index contributed by atoms with van der Waals surface area (Å²) in [6.45, 7) is 6.65. The number of likely N-dealkylation sites (N-methyl/N-ethyl adjacent to an activating group) is 1. The van der Waals surface area contributed by atoms with Crippen molar-refractivity contribution in [3.63, 3.8) is 0 Å². The van der Waals surface area contributed by atoms with Crippen molar-refractivity contribution in [1.82, 2.24) is 9.80 Å². The molecule has 1 fully saturated rings. The minimum atomic E-state index is -0.808. The lowest BCUT2D eigenvalue weighted by molar-refractivity contribution is -0.140. The second-order valence-electron chi connectivity index (χ2n) is 7.63. The lowest BCUT2D eigenvalue weighted by atomic mass is 9.94. The number of amides is 1. The first kappa shape index (κ1) is 24.6. The molecule has 1 aliphatic heterocycles. The second kappa shape index (κ2) is 10.7. The van der Waals surface area contributed by atoms with Gasteiger partial charge < -0.3 is 24.4 Å². The summed E-state index contributed by atoms with van der Waals surface area (Å²) in [5.41, 5.74) is 1.01. The SMILES string of the molecule is CCN(CC)CCN1C(=O)C(=O)C(=C(O)c2ccc(Cl)cc2)[C@@H]1c1ccc(OC)cc1OC. The van der Waals surface area contributed by atoms with E-state index in [-0.39, 0.29) is 11.3 Å². The average molecular weight is 473 g/mol. The van der Waals surface area contributed by atoms with E-state index in [1.165, 1.54) is 12.0 Å². The maximum Gasteiger partial charge on any atom is 0.295 e. The first-order valence-electron chi connectivity index (χ1n) is 10.8. The third-order valence-electron chi connectivity index (χ3n) is 5.94. The quantitative estimate of drug-likeness (QED) is 0.336. The second-order valence-corrected chi connectivity index (χ2v) is 8.07. The number of halogens is 1. The Bertz CT molecular complexity index is 1050. The molecular weight excluding hydrogens is 444 g/mol. The van der Waals surface area contributed by atoms with E-state index < -0.39 is 17.7 Å². The number of Topliss-reactive ketones (excluding diaryl/α,β-unsaturated/α-hetero) is 1. The van der Waals surface area contributed by atoms with Crippen molar-refractivity contribution in [2.24, 2.45) is 0 Å². The van der Waals surface area contributed by atoms with Gasteiger partial charge >= 0.3 is 0 Å². The van der Waals surface area contributed by atoms with Crippen LogP contribution in [-0.4, -0.2) is 67.0 Å². The van der Waals surface area contributed by atoms with Crippen molar-refractivity contribution in [2.45, 2.75) is 19.9 Å². The summed E-state index contributed by atoms with van der Waals surface area (Å²) in [6.07, 6.45) is 0. The van der Waals surface area contributed by atoms with E-state index in [4.69, 9.17) is 21.1 Å². The molecule has 1 amide bonds. The number of hydrogen-bond acceptors (Lipinski definition) is 6. The normalized spacial score (nSPS) is 17.6. The Hall–Kier alpha value is -3.03. The highest BCUT2D eigenvalue weighted by atomic mass is 35.5. The van der Waals surface area contributed by atoms with Crippen LogP contribution in [0.3, 0.4) is 0 Å². The van der Waals surface area contributed by atoms with Gasteiger partial charge in [0.25, 0.3) is 11.7 Å². The fraction of sp³-hybridized carbons (Fsp3) is 0.360. The van der Waals surface area contributed by atoms with Crippen LogP contribution in [0.5, 0.6) is 11.5 Å². The first-order chi connectivity index (χ1) is 15.9. The molecule has 8 heteroatoms. The number of carbonyl (C=O) groups is 2. The maximum absolute atomic E-state index is 13.2. The van der Waals surface area contributed by atoms with Crippen LogP contribution in [0.25, 0.3) is 5.76 Å². The zero-order valence-electron chi connectivity index (χ0n) is 19.3. The summed E-state index contributed by atoms with van der Waals surface area (Å²) in [6, 6.07) is 10.9. The van der Waals surface area contributed by atoms with Crippen LogP contribution in [0.2, 0.25) is 5.02 Å². The molecule has 7 nitrogen and oxygen atoms in total. The van der Waals surface area contributed by atoms with Crippen molar-refractivity contribution < 1.29 is 24.2 Å². The first-order valence-corrected chi connectivity index (χ1v) is 11.2. The maximum atomic E-state index is 13.2. The van der Waals surface area contributed by atoms with Crippen molar-refractivity contribution in [3.8, 4) is 11.5 Å². The average Bonchev–Trinajstić information content (AvgIpc) is 3.09. The largest absolute Gasteiger partial charge is 0.507 e. The molecule has 0 saturated carbocycles. The van der Waals surface area contributed by atoms with Gasteiger partial charge in [-0.15, -0.1) is 0 Å². The third-order valence-corrected chi connectivity index (χ3v) is 6.20. The highest BCUT2D eigenvalue weighted by molar-refractivity contribution is 6.46. The predicted molar refractivity (Wildman–Crippen MR) is 128 cm³/mol. The Morgan fingerprint density at radius 1 is 1.06 bits per heavy atom. The summed E-state index contributed by atoms with van der Waals surface area (Å²) in [5, 5.41) is 11.6. The van der Waals surface area contributed by atoms with Crippen LogP contribution in [0.1, 0.15) is 31.0 Å². The molecule has 0 bridgehead atoms. The number of hydrogen-bond donors (Lipinski definition) is 1. The van der Waals surface area contributed by atoms with E-state index in [1.807, 2.05) is 13.8 Å². The minimum absolute atomic E-state index is 0.0188. The fourth-order valence-corrected chi connectivity index (χ4v) is 4.16. The lowest BCUT2D eigenvalue weighted by Crippen LogP contribution is -2.38. The van der Waals surface area contributed by atoms with Crippen molar-refractivity contribution in [3.05, 3.63) is 64.2 Å². The van der Waals surface area contributed by atoms with Crippen LogP contribution in [-0.2, 0) is 9.59 Å². The van der Waals surface area contributed by atoms with E-state index in [0.29, 0.717) is 40.7 Å². The molecule has 0 spiro atoms. The molecule has 1 aliphatic rings. The molecule has 0 unspecified atom stereocenters. The predicted octanol–water partition coefficient (Wildman–Crippen LogP) is 4.12. The Balaban J connectivity index is 2.17. The van der Waals surface area contributed by atoms with E-state index in [1.54, 1.807) is 49.6 Å². The van der Waals surface area contributed by atoms with Gasteiger partial charge in [-0.1, -0.05) is 25.4 Å². The molecule has 0 aromatic heterocycles. The monoisotopic (exact) mass is 472 g/mol. The lowest BCUT2D eigenvalue weighted by Gasteiger charge is -2.29. The zero-order valence-corrected chi connectivity index (χ0v) is 20.1. The number of benzene rings is 2. The number of likely N-dealkylation sites (tertiary alicyclic amines) is 1. The van der Waals surface area contributed by atoms with Gasteiger partial charge in [0, 0.05) is 35.3 Å². The number of ether oxygens (including phenoxy) is 2. The van der Waals surface area contributed by atoms with Crippen molar-refractivity contribution in [2.75, 3.05) is 40.4 Å². The molecule has 0 aliphatic carbocycles. The standard InChI is InChI=1S/C25H29ClN2O5/c1-5-27(6-2)13-14-28-22(19-12-11-18(32-3)15-20(19)33-4)21(24(30)25(28)31)23(29)16-7-9-17(26)10-8-16/h7-12,15,22,29H,5-6,13-14H2,1-4H3/t22-/m0/s1. The van der Waals surface area contributed by atoms with Gasteiger partial charge in [0.15, 0.2) is 0 Å². The highest BCUT2D eigenvalue weighted by Crippen LogP contribution is 2.43. The molecule has 1 heterocycles. The highest BCUT2D eigenvalue weighted by Gasteiger charge is 2.47. The third kappa shape index (κ3) is 4.99. The van der Waals surface area contributed by atoms with Gasteiger partial charge in [-0.25, -0.2) is 0 Å². The Morgan fingerprint density at radius 2 is 1.73 bits per heavy atom. The summed E-state index contributed by atoms with van der Waals surface area (Å²) < 4.78 is 10.9. The summed E-state index contributed by atoms with van der Waals surface area (Å²) in [7, 11) is 3.06. The molecule has 2 aromatic rings. The number of nitrogens with zero attached hydrogens (tertiary/aromatic N) is 2. The number of aliphatic hydroxyl groups is 1. The van der Waals surface area contributed by atoms with E-state index in [2.05, 4.69) is 4.90 Å². The number of rotatable bonds is 9. The molecule has 0 radical (unpaired) electrons. The molecule has 176 valence electrons. The molecule has 33 heavy (non-hydrogen) atoms. The number of carbonyl (C=O) groups excluding carboxylic acids is 2. The molecular formula is C25H29ClN2O5. The minimum Gasteiger partial charge on any atom is -0.507 e. The summed E-state index contributed by atoms with van der Waals surface area (Å²) in [4.78, 5) is 30.0. The van der Waals surface area contributed by atoms with Gasteiger partial charge in [-0.05, 0) is 49.5 Å². The topological polar surface area (TPSA) is 79.3 Å². The van der Waals surface area contributed by atoms with Gasteiger partial charge in [0.2, 0.25) is 0 Å². The van der Waals surface area contributed by atoms with Gasteiger partial charge in [0.05, 0.1) is 25.8 Å². The fourth-order valence-electron chi connectivity index (χ4n) is 4.03. The Morgan fingerprint density at radius 3 is 2.30 bits per heavy atom. The summed E-state index contributed by atoms with van der Waals surface area (Å²) >= 11 is 5.98.